The monoisotopic (exact) mass is 1590 g/mol. The van der Waals surface area contributed by atoms with E-state index in [4.69, 9.17) is 52.1 Å². The second-order valence-electron chi connectivity index (χ2n) is 38.8. The molecule has 5 aliphatic carbocycles. The number of esters is 5. The van der Waals surface area contributed by atoms with Crippen LogP contribution >= 0.6 is 0 Å². The second-order valence-corrected chi connectivity index (χ2v) is 38.8. The lowest BCUT2D eigenvalue weighted by atomic mass is 9.53. The number of rotatable bonds is 24. The molecule has 6 aromatic rings. The molecule has 0 unspecified atom stereocenters. The molecule has 18 nitrogen and oxygen atoms in total. The van der Waals surface area contributed by atoms with Gasteiger partial charge in [-0.3, -0.25) is 4.79 Å². The molecule has 0 heterocycles. The number of fused-ring (bicyclic) bond motifs is 12. The van der Waals surface area contributed by atoms with Crippen LogP contribution in [0.3, 0.4) is 0 Å². The van der Waals surface area contributed by atoms with Crippen LogP contribution in [0, 0.1) is 17.8 Å². The van der Waals surface area contributed by atoms with Gasteiger partial charge in [0.05, 0.1) is 33.0 Å². The molecule has 630 valence electrons. The lowest BCUT2D eigenvalue weighted by Crippen LogP contribution is -2.60. The summed E-state index contributed by atoms with van der Waals surface area (Å²) >= 11 is 0. The molecular formula is C98H131NO17. The van der Waals surface area contributed by atoms with Gasteiger partial charge < -0.3 is 57.4 Å². The molecule has 5 aliphatic rings. The normalized spacial score (nSPS) is 17.6. The van der Waals surface area contributed by atoms with Crippen LogP contribution in [0.25, 0.3) is 0 Å². The fraction of sp³-hybridized carbons (Fsp3) is 0.571. The minimum Gasteiger partial charge on any atom is -0.483 e. The lowest BCUT2D eigenvalue weighted by molar-refractivity contribution is -0.146. The average Bonchev–Trinajstić information content (AvgIpc) is 0.755. The lowest BCUT2D eigenvalue weighted by Gasteiger charge is -2.56. The van der Waals surface area contributed by atoms with Crippen molar-refractivity contribution in [1.82, 2.24) is 5.32 Å². The maximum absolute atomic E-state index is 15.2. The van der Waals surface area contributed by atoms with E-state index in [9.17, 15) is 24.0 Å². The fourth-order valence-corrected chi connectivity index (χ4v) is 17.4. The number of carbonyl (C=O) groups excluding carboxylic acids is 6. The van der Waals surface area contributed by atoms with E-state index in [-0.39, 0.29) is 89.6 Å². The zero-order valence-electron chi connectivity index (χ0n) is 73.9. The van der Waals surface area contributed by atoms with E-state index in [1.807, 2.05) is 0 Å². The van der Waals surface area contributed by atoms with Crippen LogP contribution in [0.2, 0.25) is 0 Å². The van der Waals surface area contributed by atoms with Crippen molar-refractivity contribution in [3.63, 3.8) is 0 Å². The van der Waals surface area contributed by atoms with Crippen LogP contribution in [0.1, 0.15) is 298 Å². The van der Waals surface area contributed by atoms with Gasteiger partial charge >= 0.3 is 29.8 Å². The highest BCUT2D eigenvalue weighted by Crippen LogP contribution is 2.56. The number of hydrogen-bond donors (Lipinski definition) is 1. The van der Waals surface area contributed by atoms with Gasteiger partial charge in [0.1, 0.15) is 34.5 Å². The maximum Gasteiger partial charge on any atom is 0.344 e. The van der Waals surface area contributed by atoms with Crippen molar-refractivity contribution in [2.24, 2.45) is 17.8 Å². The summed E-state index contributed by atoms with van der Waals surface area (Å²) in [7, 11) is 0. The number of benzene rings is 6. The van der Waals surface area contributed by atoms with Crippen LogP contribution in [-0.2, 0) is 123 Å². The molecule has 116 heavy (non-hydrogen) atoms. The molecule has 4 fully saturated rings. The first kappa shape index (κ1) is 89.3. The molecule has 16 bridgehead atoms. The van der Waals surface area contributed by atoms with Crippen LogP contribution < -0.4 is 33.7 Å². The topological polar surface area (TPSA) is 216 Å². The highest BCUT2D eigenvalue weighted by atomic mass is 16.6. The number of hydrogen-bond acceptors (Lipinski definition) is 17. The van der Waals surface area contributed by atoms with Crippen molar-refractivity contribution in [3.05, 3.63) is 173 Å². The summed E-state index contributed by atoms with van der Waals surface area (Å²) < 4.78 is 70.6. The van der Waals surface area contributed by atoms with Gasteiger partial charge in [0.2, 0.25) is 0 Å². The summed E-state index contributed by atoms with van der Waals surface area (Å²) in [6.45, 7) is 45.7. The third-order valence-corrected chi connectivity index (χ3v) is 22.9. The van der Waals surface area contributed by atoms with Gasteiger partial charge in [-0.2, -0.15) is 0 Å². The second kappa shape index (κ2) is 36.4. The molecule has 0 saturated heterocycles. The van der Waals surface area contributed by atoms with E-state index in [1.165, 1.54) is 19.3 Å². The Morgan fingerprint density at radius 1 is 0.276 bits per heavy atom. The van der Waals surface area contributed by atoms with Gasteiger partial charge in [-0.15, -0.1) is 0 Å². The zero-order valence-corrected chi connectivity index (χ0v) is 73.9. The van der Waals surface area contributed by atoms with E-state index in [0.29, 0.717) is 96.8 Å². The third kappa shape index (κ3) is 22.6. The van der Waals surface area contributed by atoms with Crippen LogP contribution in [0.15, 0.2) is 72.8 Å². The Morgan fingerprint density at radius 2 is 0.431 bits per heavy atom. The summed E-state index contributed by atoms with van der Waals surface area (Å²) in [5, 5.41) is 3.61. The van der Waals surface area contributed by atoms with Gasteiger partial charge in [-0.25, -0.2) is 24.0 Å². The van der Waals surface area contributed by atoms with Crippen LogP contribution in [0.5, 0.6) is 34.5 Å². The van der Waals surface area contributed by atoms with Gasteiger partial charge in [-0.05, 0) is 224 Å². The van der Waals surface area contributed by atoms with Gasteiger partial charge in [0, 0.05) is 44.1 Å². The van der Waals surface area contributed by atoms with Gasteiger partial charge in [-0.1, -0.05) is 197 Å². The molecule has 0 radical (unpaired) electrons. The van der Waals surface area contributed by atoms with E-state index in [2.05, 4.69) is 203 Å². The molecule has 0 atom stereocenters. The summed E-state index contributed by atoms with van der Waals surface area (Å²) in [4.78, 5) is 85.1. The van der Waals surface area contributed by atoms with Crippen LogP contribution in [0.4, 0.5) is 0 Å². The standard InChI is InChI=1S/C98H131NO17/c1-24-106-81(101)54-112-87-64-32-62-38-74(92(6,7)8)39-63(86(62)111-53-80(100)99-98-50-59-29-60(51-98)31-61(30-59)52-98)33-65-41-76(94(12,13)14)43-67(88(65)113-55-82(102)107-25-2)35-69-45-78(96(18,19)20)47-71(90(69)115-57-84(104)109-27-4)37-73-49-79(97(21,22)23)48-72(91(73)116-58-85(105)110-28-5)36-70-46-77(95(15,16)17)44-68(89(70)114-56-83(103)108-26-3)34-66(87)42-75(40-64)93(9,10)11/h38-49,59-61H,24-37,50-58H2,1-23H3,(H,99,100). The average molecular weight is 1600 g/mol. The molecule has 0 aromatic heterocycles. The quantitative estimate of drug-likeness (QED) is 0.0439. The molecule has 4 saturated carbocycles. The van der Waals surface area contributed by atoms with Crippen LogP contribution in [-0.4, -0.2) is 114 Å². The molecular weight excluding hydrogens is 1460 g/mol. The molecule has 0 spiro atoms. The highest BCUT2D eigenvalue weighted by Gasteiger charge is 2.52. The maximum atomic E-state index is 15.2. The smallest absolute Gasteiger partial charge is 0.344 e. The Kier molecular flexibility index (Phi) is 28.0. The minimum absolute atomic E-state index is 0.116. The van der Waals surface area contributed by atoms with Crippen molar-refractivity contribution >= 4 is 35.8 Å². The van der Waals surface area contributed by atoms with Gasteiger partial charge in [0.15, 0.2) is 39.6 Å². The molecule has 18 heteroatoms. The van der Waals surface area contributed by atoms with E-state index in [0.717, 1.165) is 74.9 Å². The number of carbonyl (C=O) groups is 6. The van der Waals surface area contributed by atoms with Gasteiger partial charge in [0.25, 0.3) is 5.91 Å². The Morgan fingerprint density at radius 3 is 0.578 bits per heavy atom. The minimum atomic E-state index is -0.578. The molecule has 0 aliphatic heterocycles. The van der Waals surface area contributed by atoms with Crippen molar-refractivity contribution in [3.8, 4) is 34.5 Å². The first-order chi connectivity index (χ1) is 54.4. The summed E-state index contributed by atoms with van der Waals surface area (Å²) in [5.74, 6) is 1.21. The molecule has 6 aromatic carbocycles. The first-order valence-electron chi connectivity index (χ1n) is 42.2. The summed E-state index contributed by atoms with van der Waals surface area (Å²) in [6, 6.07) is 25.7. The Balaban J connectivity index is 1.38. The van der Waals surface area contributed by atoms with E-state index in [1.54, 1.807) is 34.6 Å². The fourth-order valence-electron chi connectivity index (χ4n) is 17.4. The molecule has 11 rings (SSSR count). The van der Waals surface area contributed by atoms with E-state index < -0.39 is 95.4 Å². The SMILES string of the molecule is CCOC(=O)COc1c2cc(C(C)(C)C)cc1Cc1cc(C(C)(C)C)cc(c1OCC(=O)OCC)Cc1cc(C(C)(C)C)cc(c1OCC(=O)OCC)Cc1cc(C(C)(C)C)cc(c1OCC(=O)OCC)Cc1cc(C(C)(C)C)cc(c1OCC(=O)OCC)Cc1cc(C(C)(C)C)cc(c1OCC(=O)NC13CC4CC(CC(C4)C1)C3)C2. The summed E-state index contributed by atoms with van der Waals surface area (Å²) in [6.07, 6.45) is 7.37. The summed E-state index contributed by atoms with van der Waals surface area (Å²) in [5.41, 5.74) is 10.9. The molecule has 1 amide bonds. The number of nitrogens with one attached hydrogen (secondary N) is 1. The largest absolute Gasteiger partial charge is 0.483 e. The number of ether oxygens (including phenoxy) is 11. The Labute approximate surface area is 690 Å². The van der Waals surface area contributed by atoms with Crippen molar-refractivity contribution in [2.45, 2.75) is 274 Å². The first-order valence-corrected chi connectivity index (χ1v) is 42.2. The number of amides is 1. The van der Waals surface area contributed by atoms with Crippen molar-refractivity contribution in [1.29, 1.82) is 0 Å². The predicted molar refractivity (Wildman–Crippen MR) is 453 cm³/mol. The predicted octanol–water partition coefficient (Wildman–Crippen LogP) is 18.5. The Bertz CT molecular complexity index is 4180. The van der Waals surface area contributed by atoms with Crippen molar-refractivity contribution in [2.75, 3.05) is 72.7 Å². The Hall–Kier alpha value is -9.06. The zero-order chi connectivity index (χ0) is 84.8. The van der Waals surface area contributed by atoms with Crippen molar-refractivity contribution < 1.29 is 80.9 Å². The highest BCUT2D eigenvalue weighted by molar-refractivity contribution is 5.79. The molecule has 1 N–H and O–H groups in total. The van der Waals surface area contributed by atoms with E-state index >= 15 is 4.79 Å². The third-order valence-electron chi connectivity index (χ3n) is 22.9.